The minimum atomic E-state index is 0.0957. The zero-order chi connectivity index (χ0) is 12.1. The summed E-state index contributed by atoms with van der Waals surface area (Å²) in [6.07, 6.45) is 5.55. The third kappa shape index (κ3) is 2.86. The van der Waals surface area contributed by atoms with Gasteiger partial charge < -0.3 is 0 Å². The number of nitrogens with zero attached hydrogens (tertiary/aromatic N) is 1. The molecule has 0 unspecified atom stereocenters. The van der Waals surface area contributed by atoms with Gasteiger partial charge in [-0.25, -0.2) is 0 Å². The molecular weight excluding hydrogens is 214 g/mol. The number of carbonyl (C=O) groups is 1. The van der Waals surface area contributed by atoms with Crippen LogP contribution in [0.15, 0.2) is 30.3 Å². The molecule has 1 amide bonds. The summed E-state index contributed by atoms with van der Waals surface area (Å²) in [6.45, 7) is 0. The molecule has 1 aliphatic rings. The average Bonchev–Trinajstić information content (AvgIpc) is 2.42. The lowest BCUT2D eigenvalue weighted by Gasteiger charge is -2.27. The van der Waals surface area contributed by atoms with Crippen LogP contribution in [0.2, 0.25) is 0 Å². The van der Waals surface area contributed by atoms with E-state index in [1.165, 1.54) is 11.5 Å². The Hall–Kier alpha value is -1.35. The monoisotopic (exact) mass is 233 g/mol. The molecule has 0 aliphatic heterocycles. The van der Waals surface area contributed by atoms with Gasteiger partial charge in [-0.1, -0.05) is 37.5 Å². The number of amides is 1. The predicted molar refractivity (Wildman–Crippen MR) is 67.5 cm³/mol. The number of carbonyl (C=O) groups excluding carboxylic acids is 1. The van der Waals surface area contributed by atoms with Gasteiger partial charge in [0, 0.05) is 5.92 Å². The molecule has 3 heteroatoms. The first-order valence-electron chi connectivity index (χ1n) is 6.26. The third-order valence-electron chi connectivity index (χ3n) is 3.33. The Morgan fingerprint density at radius 3 is 2.41 bits per heavy atom. The second-order valence-corrected chi connectivity index (χ2v) is 4.49. The van der Waals surface area contributed by atoms with E-state index in [9.17, 15) is 4.79 Å². The molecule has 17 heavy (non-hydrogen) atoms. The van der Waals surface area contributed by atoms with Crippen molar-refractivity contribution < 1.29 is 9.63 Å². The van der Waals surface area contributed by atoms with Crippen molar-refractivity contribution in [2.45, 2.75) is 32.1 Å². The van der Waals surface area contributed by atoms with E-state index in [1.54, 1.807) is 7.11 Å². The van der Waals surface area contributed by atoms with Gasteiger partial charge in [-0.05, 0) is 25.0 Å². The van der Waals surface area contributed by atoms with E-state index >= 15 is 0 Å². The van der Waals surface area contributed by atoms with E-state index in [4.69, 9.17) is 4.84 Å². The Morgan fingerprint density at radius 1 is 1.18 bits per heavy atom. The van der Waals surface area contributed by atoms with E-state index in [0.29, 0.717) is 0 Å². The molecule has 0 atom stereocenters. The molecule has 0 heterocycles. The maximum absolute atomic E-state index is 12.3. The number of para-hydroxylation sites is 1. The maximum Gasteiger partial charge on any atom is 0.253 e. The van der Waals surface area contributed by atoms with Gasteiger partial charge in [0.25, 0.3) is 5.91 Å². The molecule has 1 saturated carbocycles. The number of rotatable bonds is 3. The van der Waals surface area contributed by atoms with Gasteiger partial charge in [-0.2, -0.15) is 5.06 Å². The fourth-order valence-electron chi connectivity index (χ4n) is 2.40. The molecule has 0 bridgehead atoms. The van der Waals surface area contributed by atoms with E-state index in [2.05, 4.69) is 0 Å². The fraction of sp³-hybridized carbons (Fsp3) is 0.500. The SMILES string of the molecule is CON(C(=O)C1CCCCC1)c1ccccc1. The number of hydrogen-bond acceptors (Lipinski definition) is 2. The Bertz CT molecular complexity index is 358. The van der Waals surface area contributed by atoms with Crippen molar-refractivity contribution in [1.82, 2.24) is 0 Å². The van der Waals surface area contributed by atoms with Crippen molar-refractivity contribution in [3.63, 3.8) is 0 Å². The zero-order valence-corrected chi connectivity index (χ0v) is 10.3. The van der Waals surface area contributed by atoms with Crippen LogP contribution in [0.25, 0.3) is 0 Å². The normalized spacial score (nSPS) is 16.8. The minimum absolute atomic E-state index is 0.0957. The van der Waals surface area contributed by atoms with Crippen molar-refractivity contribution in [3.05, 3.63) is 30.3 Å². The van der Waals surface area contributed by atoms with Gasteiger partial charge >= 0.3 is 0 Å². The van der Waals surface area contributed by atoms with E-state index < -0.39 is 0 Å². The molecule has 2 rings (SSSR count). The molecule has 92 valence electrons. The summed E-state index contributed by atoms with van der Waals surface area (Å²) in [7, 11) is 1.55. The lowest BCUT2D eigenvalue weighted by Crippen LogP contribution is -2.36. The molecule has 1 fully saturated rings. The fourth-order valence-corrected chi connectivity index (χ4v) is 2.40. The Kier molecular flexibility index (Phi) is 4.15. The standard InChI is InChI=1S/C14H19NO2/c1-17-15(13-10-6-3-7-11-13)14(16)12-8-4-2-5-9-12/h3,6-7,10-12H,2,4-5,8-9H2,1H3. The topological polar surface area (TPSA) is 29.5 Å². The quantitative estimate of drug-likeness (QED) is 0.750. The van der Waals surface area contributed by atoms with Crippen LogP contribution in [-0.4, -0.2) is 13.0 Å². The number of benzene rings is 1. The number of hydrogen-bond donors (Lipinski definition) is 0. The van der Waals surface area contributed by atoms with Crippen LogP contribution in [0.3, 0.4) is 0 Å². The van der Waals surface area contributed by atoms with Crippen molar-refractivity contribution in [2.24, 2.45) is 5.92 Å². The molecule has 0 radical (unpaired) electrons. The molecule has 0 aromatic heterocycles. The van der Waals surface area contributed by atoms with Crippen molar-refractivity contribution in [1.29, 1.82) is 0 Å². The van der Waals surface area contributed by atoms with Crippen LogP contribution in [0.1, 0.15) is 32.1 Å². The van der Waals surface area contributed by atoms with Crippen molar-refractivity contribution >= 4 is 11.6 Å². The Balaban J connectivity index is 2.10. The highest BCUT2D eigenvalue weighted by Crippen LogP contribution is 2.27. The molecule has 1 aromatic carbocycles. The van der Waals surface area contributed by atoms with E-state index in [0.717, 1.165) is 31.4 Å². The highest BCUT2D eigenvalue weighted by molar-refractivity contribution is 5.93. The molecule has 3 nitrogen and oxygen atoms in total. The highest BCUT2D eigenvalue weighted by atomic mass is 16.7. The summed E-state index contributed by atoms with van der Waals surface area (Å²) in [5, 5.41) is 1.43. The first-order valence-corrected chi connectivity index (χ1v) is 6.26. The smallest absolute Gasteiger partial charge is 0.253 e. The summed E-state index contributed by atoms with van der Waals surface area (Å²) in [4.78, 5) is 17.6. The highest BCUT2D eigenvalue weighted by Gasteiger charge is 2.27. The maximum atomic E-state index is 12.3. The van der Waals surface area contributed by atoms with Crippen LogP contribution in [0.5, 0.6) is 0 Å². The Labute approximate surface area is 102 Å². The molecule has 0 spiro atoms. The summed E-state index contributed by atoms with van der Waals surface area (Å²) in [5.74, 6) is 0.224. The average molecular weight is 233 g/mol. The lowest BCUT2D eigenvalue weighted by atomic mass is 9.88. The van der Waals surface area contributed by atoms with Crippen LogP contribution in [0, 0.1) is 5.92 Å². The molecule has 1 aliphatic carbocycles. The van der Waals surface area contributed by atoms with Gasteiger partial charge in [-0.3, -0.25) is 9.63 Å². The number of anilines is 1. The van der Waals surface area contributed by atoms with Gasteiger partial charge in [-0.15, -0.1) is 0 Å². The second-order valence-electron chi connectivity index (χ2n) is 4.49. The Morgan fingerprint density at radius 2 is 1.82 bits per heavy atom. The first-order chi connectivity index (χ1) is 8.33. The third-order valence-corrected chi connectivity index (χ3v) is 3.33. The predicted octanol–water partition coefficient (Wildman–Crippen LogP) is 3.16. The van der Waals surface area contributed by atoms with Crippen LogP contribution in [0.4, 0.5) is 5.69 Å². The van der Waals surface area contributed by atoms with Crippen LogP contribution < -0.4 is 5.06 Å². The molecule has 1 aromatic rings. The summed E-state index contributed by atoms with van der Waals surface area (Å²) < 4.78 is 0. The van der Waals surface area contributed by atoms with Gasteiger partial charge in [0.05, 0.1) is 12.8 Å². The van der Waals surface area contributed by atoms with Crippen LogP contribution in [-0.2, 0) is 9.63 Å². The van der Waals surface area contributed by atoms with Gasteiger partial charge in [0.2, 0.25) is 0 Å². The molecular formula is C14H19NO2. The first kappa shape index (κ1) is 12.1. The number of hydroxylamine groups is 1. The largest absolute Gasteiger partial charge is 0.272 e. The lowest BCUT2D eigenvalue weighted by molar-refractivity contribution is -0.129. The zero-order valence-electron chi connectivity index (χ0n) is 10.3. The van der Waals surface area contributed by atoms with E-state index in [1.807, 2.05) is 30.3 Å². The van der Waals surface area contributed by atoms with E-state index in [-0.39, 0.29) is 11.8 Å². The minimum Gasteiger partial charge on any atom is -0.272 e. The molecule has 0 saturated heterocycles. The van der Waals surface area contributed by atoms with Crippen molar-refractivity contribution in [3.8, 4) is 0 Å². The molecule has 0 N–H and O–H groups in total. The summed E-state index contributed by atoms with van der Waals surface area (Å²) in [6, 6.07) is 9.54. The van der Waals surface area contributed by atoms with Crippen molar-refractivity contribution in [2.75, 3.05) is 12.2 Å². The van der Waals surface area contributed by atoms with Crippen LogP contribution >= 0.6 is 0 Å². The summed E-state index contributed by atoms with van der Waals surface area (Å²) >= 11 is 0. The van der Waals surface area contributed by atoms with Gasteiger partial charge in [0.1, 0.15) is 0 Å². The van der Waals surface area contributed by atoms with Gasteiger partial charge in [0.15, 0.2) is 0 Å². The summed E-state index contributed by atoms with van der Waals surface area (Å²) in [5.41, 5.74) is 0.811. The second kappa shape index (κ2) is 5.82.